The summed E-state index contributed by atoms with van der Waals surface area (Å²) in [6.07, 6.45) is 0. The van der Waals surface area contributed by atoms with Crippen LogP contribution in [0.1, 0.15) is 51.1 Å². The number of H-pyrrole nitrogens is 1. The number of hydrogen-bond acceptors (Lipinski definition) is 4. The molecule has 0 unspecified atom stereocenters. The van der Waals surface area contributed by atoms with Gasteiger partial charge in [-0.1, -0.05) is 20.8 Å². The molecule has 0 fully saturated rings. The third-order valence-electron chi connectivity index (χ3n) is 2.67. The molecule has 1 aromatic heterocycles. The minimum atomic E-state index is -1.03. The highest BCUT2D eigenvalue weighted by Gasteiger charge is 2.28. The number of nitrogens with one attached hydrogen (secondary N) is 2. The minimum absolute atomic E-state index is 0.0144. The van der Waals surface area contributed by atoms with Crippen LogP contribution in [-0.4, -0.2) is 38.7 Å². The fourth-order valence-corrected chi connectivity index (χ4v) is 1.15. The molecule has 0 aliphatic rings. The van der Waals surface area contributed by atoms with Crippen molar-refractivity contribution in [2.24, 2.45) is 5.41 Å². The lowest BCUT2D eigenvalue weighted by atomic mass is 9.94. The van der Waals surface area contributed by atoms with E-state index in [0.717, 1.165) is 0 Å². The van der Waals surface area contributed by atoms with Gasteiger partial charge in [-0.15, -0.1) is 5.10 Å². The molecule has 1 rings (SSSR count). The average Bonchev–Trinajstić information content (AvgIpc) is 2.74. The lowest BCUT2D eigenvalue weighted by molar-refractivity contribution is -0.146. The fourth-order valence-electron chi connectivity index (χ4n) is 1.15. The van der Waals surface area contributed by atoms with Gasteiger partial charge in [0.05, 0.1) is 5.41 Å². The summed E-state index contributed by atoms with van der Waals surface area (Å²) >= 11 is 0. The first-order chi connectivity index (χ1) is 8.54. The first kappa shape index (κ1) is 15.1. The number of carbonyl (C=O) groups is 2. The van der Waals surface area contributed by atoms with Gasteiger partial charge in [-0.3, -0.25) is 14.7 Å². The zero-order chi connectivity index (χ0) is 14.8. The molecular formula is C12H20N4O3. The molecule has 7 nitrogen and oxygen atoms in total. The molecule has 1 aromatic rings. The number of nitrogens with zero attached hydrogens (tertiary/aromatic N) is 2. The molecule has 0 spiro atoms. The second-order valence-corrected chi connectivity index (χ2v) is 6.13. The van der Waals surface area contributed by atoms with E-state index in [4.69, 9.17) is 5.11 Å². The summed E-state index contributed by atoms with van der Waals surface area (Å²) in [5, 5.41) is 18.0. The number of carbonyl (C=O) groups excluding carboxylic acids is 1. The number of aliphatic carboxylic acids is 1. The van der Waals surface area contributed by atoms with Crippen molar-refractivity contribution in [1.82, 2.24) is 20.5 Å². The van der Waals surface area contributed by atoms with Crippen LogP contribution in [0, 0.1) is 5.41 Å². The van der Waals surface area contributed by atoms with Crippen molar-refractivity contribution < 1.29 is 14.7 Å². The summed E-state index contributed by atoms with van der Waals surface area (Å²) in [6.45, 7) is 8.93. The Morgan fingerprint density at radius 2 is 1.84 bits per heavy atom. The molecule has 0 aliphatic heterocycles. The number of carboxylic acids is 1. The van der Waals surface area contributed by atoms with Crippen LogP contribution in [0.3, 0.4) is 0 Å². The van der Waals surface area contributed by atoms with E-state index in [9.17, 15) is 9.59 Å². The maximum absolute atomic E-state index is 11.8. The van der Waals surface area contributed by atoms with Crippen molar-refractivity contribution >= 4 is 11.9 Å². The highest BCUT2D eigenvalue weighted by Crippen LogP contribution is 2.17. The number of carboxylic acid groups (broad SMARTS) is 1. The fraction of sp³-hybridized carbons (Fsp3) is 0.667. The smallest absolute Gasteiger partial charge is 0.310 e. The molecular weight excluding hydrogens is 248 g/mol. The number of hydrogen-bond donors (Lipinski definition) is 3. The van der Waals surface area contributed by atoms with Gasteiger partial charge in [-0.05, 0) is 13.8 Å². The molecule has 0 aromatic carbocycles. The Morgan fingerprint density at radius 3 is 2.26 bits per heavy atom. The van der Waals surface area contributed by atoms with E-state index in [1.165, 1.54) is 13.8 Å². The topological polar surface area (TPSA) is 108 Å². The monoisotopic (exact) mass is 268 g/mol. The van der Waals surface area contributed by atoms with Crippen LogP contribution in [-0.2, 0) is 10.2 Å². The van der Waals surface area contributed by atoms with E-state index in [-0.39, 0.29) is 17.8 Å². The molecule has 3 N–H and O–H groups in total. The van der Waals surface area contributed by atoms with Crippen molar-refractivity contribution in [1.29, 1.82) is 0 Å². The second-order valence-electron chi connectivity index (χ2n) is 6.13. The van der Waals surface area contributed by atoms with Gasteiger partial charge in [0.2, 0.25) is 5.82 Å². The van der Waals surface area contributed by atoms with E-state index in [1.54, 1.807) is 0 Å². The van der Waals surface area contributed by atoms with Crippen molar-refractivity contribution in [3.05, 3.63) is 11.6 Å². The third kappa shape index (κ3) is 3.77. The Balaban J connectivity index is 2.70. The number of rotatable bonds is 4. The predicted octanol–water partition coefficient (Wildman–Crippen LogP) is 0.943. The molecule has 0 radical (unpaired) electrons. The maximum atomic E-state index is 11.8. The normalized spacial score (nSPS) is 12.3. The molecule has 106 valence electrons. The zero-order valence-corrected chi connectivity index (χ0v) is 11.9. The Morgan fingerprint density at radius 1 is 1.26 bits per heavy atom. The van der Waals surface area contributed by atoms with Gasteiger partial charge < -0.3 is 10.4 Å². The van der Waals surface area contributed by atoms with Gasteiger partial charge in [0, 0.05) is 12.0 Å². The van der Waals surface area contributed by atoms with Crippen LogP contribution in [0.2, 0.25) is 0 Å². The van der Waals surface area contributed by atoms with Crippen LogP contribution in [0.4, 0.5) is 0 Å². The van der Waals surface area contributed by atoms with Crippen LogP contribution >= 0.6 is 0 Å². The van der Waals surface area contributed by atoms with Crippen molar-refractivity contribution in [2.45, 2.75) is 40.0 Å². The van der Waals surface area contributed by atoms with Crippen molar-refractivity contribution in [3.8, 4) is 0 Å². The SMILES string of the molecule is CC(C)(CNC(=O)c1n[nH]c(C(C)(C)C)n1)C(=O)O. The van der Waals surface area contributed by atoms with E-state index in [2.05, 4.69) is 20.5 Å². The third-order valence-corrected chi connectivity index (χ3v) is 2.67. The number of amides is 1. The van der Waals surface area contributed by atoms with Crippen molar-refractivity contribution in [3.63, 3.8) is 0 Å². The van der Waals surface area contributed by atoms with Gasteiger partial charge in [-0.25, -0.2) is 4.98 Å². The van der Waals surface area contributed by atoms with Gasteiger partial charge in [0.25, 0.3) is 5.91 Å². The Hall–Kier alpha value is -1.92. The van der Waals surface area contributed by atoms with Crippen LogP contribution < -0.4 is 5.32 Å². The highest BCUT2D eigenvalue weighted by atomic mass is 16.4. The molecule has 0 saturated heterocycles. The lowest BCUT2D eigenvalue weighted by Gasteiger charge is -2.18. The first-order valence-electron chi connectivity index (χ1n) is 5.98. The number of aromatic nitrogens is 3. The lowest BCUT2D eigenvalue weighted by Crippen LogP contribution is -2.39. The molecule has 0 saturated carbocycles. The van der Waals surface area contributed by atoms with Crippen LogP contribution in [0.5, 0.6) is 0 Å². The van der Waals surface area contributed by atoms with Gasteiger partial charge in [-0.2, -0.15) is 0 Å². The van der Waals surface area contributed by atoms with E-state index >= 15 is 0 Å². The Labute approximate surface area is 111 Å². The molecule has 0 aliphatic carbocycles. The molecule has 1 heterocycles. The van der Waals surface area contributed by atoms with Crippen LogP contribution in [0.15, 0.2) is 0 Å². The summed E-state index contributed by atoms with van der Waals surface area (Å²) < 4.78 is 0. The van der Waals surface area contributed by atoms with Gasteiger partial charge >= 0.3 is 5.97 Å². The minimum Gasteiger partial charge on any atom is -0.481 e. The maximum Gasteiger partial charge on any atom is 0.310 e. The van der Waals surface area contributed by atoms with Crippen LogP contribution in [0.25, 0.3) is 0 Å². The second kappa shape index (κ2) is 4.99. The summed E-state index contributed by atoms with van der Waals surface area (Å²) in [4.78, 5) is 26.8. The van der Waals surface area contributed by atoms with E-state index in [1.807, 2.05) is 20.8 Å². The van der Waals surface area contributed by atoms with Gasteiger partial charge in [0.15, 0.2) is 0 Å². The summed E-state index contributed by atoms with van der Waals surface area (Å²) in [6, 6.07) is 0. The average molecular weight is 268 g/mol. The molecule has 1 amide bonds. The number of aromatic amines is 1. The molecule has 0 bridgehead atoms. The predicted molar refractivity (Wildman–Crippen MR) is 68.8 cm³/mol. The Bertz CT molecular complexity index is 485. The van der Waals surface area contributed by atoms with E-state index in [0.29, 0.717) is 5.82 Å². The molecule has 19 heavy (non-hydrogen) atoms. The summed E-state index contributed by atoms with van der Waals surface area (Å²) in [7, 11) is 0. The zero-order valence-electron chi connectivity index (χ0n) is 11.9. The highest BCUT2D eigenvalue weighted by molar-refractivity contribution is 5.90. The van der Waals surface area contributed by atoms with Gasteiger partial charge in [0.1, 0.15) is 5.82 Å². The quantitative estimate of drug-likeness (QED) is 0.753. The Kier molecular flexibility index (Phi) is 3.97. The largest absolute Gasteiger partial charge is 0.481 e. The molecule has 7 heteroatoms. The first-order valence-corrected chi connectivity index (χ1v) is 5.98. The van der Waals surface area contributed by atoms with E-state index < -0.39 is 17.3 Å². The molecule has 0 atom stereocenters. The standard InChI is InChI=1S/C12H20N4O3/c1-11(2,3)9-14-7(15-16-9)8(17)13-6-12(4,5)10(18)19/h6H2,1-5H3,(H,13,17)(H,18,19)(H,14,15,16). The summed E-state index contributed by atoms with van der Waals surface area (Å²) in [5.74, 6) is -0.833. The van der Waals surface area contributed by atoms with Crippen molar-refractivity contribution in [2.75, 3.05) is 6.54 Å². The summed E-state index contributed by atoms with van der Waals surface area (Å²) in [5.41, 5.74) is -1.26.